The van der Waals surface area contributed by atoms with Crippen LogP contribution in [0.4, 0.5) is 5.82 Å². The molecule has 0 radical (unpaired) electrons. The van der Waals surface area contributed by atoms with E-state index in [4.69, 9.17) is 0 Å². The van der Waals surface area contributed by atoms with Gasteiger partial charge in [-0.05, 0) is 34.7 Å². The molecule has 0 atom stereocenters. The number of rotatable bonds is 6. The van der Waals surface area contributed by atoms with Crippen LogP contribution in [0.25, 0.3) is 0 Å². The summed E-state index contributed by atoms with van der Waals surface area (Å²) in [5.74, 6) is -0.380. The molecule has 0 saturated heterocycles. The van der Waals surface area contributed by atoms with Crippen LogP contribution in [-0.4, -0.2) is 36.9 Å². The van der Waals surface area contributed by atoms with Crippen molar-refractivity contribution < 1.29 is 9.72 Å². The van der Waals surface area contributed by atoms with Gasteiger partial charge in [0.25, 0.3) is 0 Å². The molecular weight excluding hydrogens is 356 g/mol. The van der Waals surface area contributed by atoms with E-state index in [0.717, 1.165) is 10.2 Å². The van der Waals surface area contributed by atoms with Crippen LogP contribution in [0.1, 0.15) is 11.4 Å². The van der Waals surface area contributed by atoms with Crippen LogP contribution in [0.2, 0.25) is 0 Å². The van der Waals surface area contributed by atoms with Crippen LogP contribution in [0.5, 0.6) is 0 Å². The third-order valence-electron chi connectivity index (χ3n) is 2.99. The minimum Gasteiger partial charge on any atom is -0.358 e. The number of hydrogen-bond acceptors (Lipinski definition) is 5. The quantitative estimate of drug-likeness (QED) is 0.606. The molecule has 2 heterocycles. The van der Waals surface area contributed by atoms with Crippen molar-refractivity contribution in [3.8, 4) is 0 Å². The van der Waals surface area contributed by atoms with E-state index in [9.17, 15) is 14.9 Å². The van der Waals surface area contributed by atoms with E-state index in [1.165, 1.54) is 10.7 Å². The van der Waals surface area contributed by atoms with Gasteiger partial charge in [0.2, 0.25) is 5.91 Å². The summed E-state index contributed by atoms with van der Waals surface area (Å²) in [5, 5.41) is 21.4. The van der Waals surface area contributed by atoms with Crippen molar-refractivity contribution in [2.45, 2.75) is 26.9 Å². The van der Waals surface area contributed by atoms with E-state index >= 15 is 0 Å². The van der Waals surface area contributed by atoms with Gasteiger partial charge in [0, 0.05) is 12.7 Å². The zero-order valence-corrected chi connectivity index (χ0v) is 13.7. The zero-order chi connectivity index (χ0) is 16.3. The van der Waals surface area contributed by atoms with Gasteiger partial charge in [0.15, 0.2) is 0 Å². The lowest BCUT2D eigenvalue weighted by molar-refractivity contribution is -0.389. The highest BCUT2D eigenvalue weighted by molar-refractivity contribution is 9.10. The molecule has 0 unspecified atom stereocenters. The SMILES string of the molecule is Cc1nn(CC(=O)NCCn2nc([N+](=O)[O-])cc2C)cc1Br. The van der Waals surface area contributed by atoms with Gasteiger partial charge in [-0.15, -0.1) is 0 Å². The van der Waals surface area contributed by atoms with Crippen molar-refractivity contribution in [1.82, 2.24) is 24.9 Å². The number of carbonyl (C=O) groups excluding carboxylic acids is 1. The summed E-state index contributed by atoms with van der Waals surface area (Å²) < 4.78 is 3.88. The van der Waals surface area contributed by atoms with Crippen LogP contribution in [-0.2, 0) is 17.9 Å². The minimum absolute atomic E-state index is 0.116. The van der Waals surface area contributed by atoms with Gasteiger partial charge in [-0.3, -0.25) is 9.48 Å². The highest BCUT2D eigenvalue weighted by Crippen LogP contribution is 2.13. The number of nitrogens with zero attached hydrogens (tertiary/aromatic N) is 5. The number of amides is 1. The highest BCUT2D eigenvalue weighted by atomic mass is 79.9. The number of nitrogens with one attached hydrogen (secondary N) is 1. The minimum atomic E-state index is -0.542. The second-order valence-corrected chi connectivity index (χ2v) is 5.59. The first-order chi connectivity index (χ1) is 10.4. The van der Waals surface area contributed by atoms with Gasteiger partial charge in [-0.2, -0.15) is 9.78 Å². The molecule has 10 heteroatoms. The van der Waals surface area contributed by atoms with E-state index in [2.05, 4.69) is 31.4 Å². The van der Waals surface area contributed by atoms with E-state index < -0.39 is 4.92 Å². The predicted octanol–water partition coefficient (Wildman–Crippen LogP) is 1.18. The van der Waals surface area contributed by atoms with Crippen LogP contribution in [0.15, 0.2) is 16.7 Å². The molecule has 0 bridgehead atoms. The normalized spacial score (nSPS) is 10.7. The topological polar surface area (TPSA) is 108 Å². The first kappa shape index (κ1) is 16.1. The van der Waals surface area contributed by atoms with Crippen molar-refractivity contribution in [2.75, 3.05) is 6.54 Å². The van der Waals surface area contributed by atoms with Crippen LogP contribution >= 0.6 is 15.9 Å². The third-order valence-corrected chi connectivity index (χ3v) is 3.77. The maximum absolute atomic E-state index is 11.8. The Bertz CT molecular complexity index is 688. The van der Waals surface area contributed by atoms with Gasteiger partial charge in [0.05, 0.1) is 33.6 Å². The van der Waals surface area contributed by atoms with Gasteiger partial charge in [0.1, 0.15) is 6.54 Å². The molecule has 0 spiro atoms. The Hall–Kier alpha value is -2.23. The Morgan fingerprint density at radius 3 is 2.73 bits per heavy atom. The lowest BCUT2D eigenvalue weighted by Crippen LogP contribution is -2.31. The lowest BCUT2D eigenvalue weighted by Gasteiger charge is -2.05. The first-order valence-corrected chi connectivity index (χ1v) is 7.31. The van der Waals surface area contributed by atoms with Gasteiger partial charge < -0.3 is 15.4 Å². The molecule has 9 nitrogen and oxygen atoms in total. The highest BCUT2D eigenvalue weighted by Gasteiger charge is 2.15. The molecule has 0 aromatic carbocycles. The summed E-state index contributed by atoms with van der Waals surface area (Å²) >= 11 is 3.33. The van der Waals surface area contributed by atoms with Crippen molar-refractivity contribution in [3.63, 3.8) is 0 Å². The average molecular weight is 371 g/mol. The molecule has 118 valence electrons. The summed E-state index contributed by atoms with van der Waals surface area (Å²) in [7, 11) is 0. The predicted molar refractivity (Wildman–Crippen MR) is 81.3 cm³/mol. The lowest BCUT2D eigenvalue weighted by atomic mass is 10.4. The van der Waals surface area contributed by atoms with Crippen molar-refractivity contribution in [3.05, 3.63) is 38.2 Å². The summed E-state index contributed by atoms with van der Waals surface area (Å²) in [6, 6.07) is 1.39. The van der Waals surface area contributed by atoms with Crippen molar-refractivity contribution >= 4 is 27.7 Å². The van der Waals surface area contributed by atoms with Gasteiger partial charge >= 0.3 is 5.82 Å². The fourth-order valence-electron chi connectivity index (χ4n) is 1.89. The first-order valence-electron chi connectivity index (χ1n) is 6.52. The molecule has 0 aliphatic rings. The molecule has 2 rings (SSSR count). The monoisotopic (exact) mass is 370 g/mol. The Morgan fingerprint density at radius 2 is 2.18 bits per heavy atom. The maximum Gasteiger partial charge on any atom is 0.390 e. The number of halogens is 1. The van der Waals surface area contributed by atoms with Gasteiger partial charge in [-0.25, -0.2) is 0 Å². The second kappa shape index (κ2) is 6.69. The van der Waals surface area contributed by atoms with E-state index in [1.54, 1.807) is 17.8 Å². The van der Waals surface area contributed by atoms with E-state index in [1.807, 2.05) is 6.92 Å². The van der Waals surface area contributed by atoms with E-state index in [-0.39, 0.29) is 18.3 Å². The summed E-state index contributed by atoms with van der Waals surface area (Å²) in [6.45, 7) is 4.38. The fourth-order valence-corrected chi connectivity index (χ4v) is 2.20. The Labute approximate surface area is 134 Å². The maximum atomic E-state index is 11.8. The van der Waals surface area contributed by atoms with Crippen molar-refractivity contribution in [2.24, 2.45) is 0 Å². The molecule has 0 fully saturated rings. The third kappa shape index (κ3) is 3.91. The smallest absolute Gasteiger partial charge is 0.358 e. The summed E-state index contributed by atoms with van der Waals surface area (Å²) in [6.07, 6.45) is 1.73. The largest absolute Gasteiger partial charge is 0.390 e. The number of aryl methyl sites for hydroxylation is 2. The average Bonchev–Trinajstić information content (AvgIpc) is 2.94. The molecule has 0 aliphatic heterocycles. The number of aromatic nitrogens is 4. The van der Waals surface area contributed by atoms with Crippen LogP contribution in [0, 0.1) is 24.0 Å². The molecule has 1 N–H and O–H groups in total. The molecule has 22 heavy (non-hydrogen) atoms. The number of carbonyl (C=O) groups is 1. The number of nitro groups is 1. The molecule has 2 aromatic heterocycles. The second-order valence-electron chi connectivity index (χ2n) is 4.73. The zero-order valence-electron chi connectivity index (χ0n) is 12.1. The van der Waals surface area contributed by atoms with E-state index in [0.29, 0.717) is 18.8 Å². The molecular formula is C12H15BrN6O3. The van der Waals surface area contributed by atoms with Gasteiger partial charge in [-0.1, -0.05) is 0 Å². The standard InChI is InChI=1S/C12H15BrN6O3/c1-8-5-11(19(21)22)16-18(8)4-3-14-12(20)7-17-6-10(13)9(2)15-17/h5-6H,3-4,7H2,1-2H3,(H,14,20). The van der Waals surface area contributed by atoms with Crippen molar-refractivity contribution in [1.29, 1.82) is 0 Å². The summed E-state index contributed by atoms with van der Waals surface area (Å²) in [5.41, 5.74) is 1.49. The van der Waals surface area contributed by atoms with Crippen LogP contribution in [0.3, 0.4) is 0 Å². The molecule has 0 aliphatic carbocycles. The molecule has 1 amide bonds. The Balaban J connectivity index is 1.83. The summed E-state index contributed by atoms with van der Waals surface area (Å²) in [4.78, 5) is 21.9. The molecule has 0 saturated carbocycles. The fraction of sp³-hybridized carbons (Fsp3) is 0.417. The Morgan fingerprint density at radius 1 is 1.45 bits per heavy atom. The van der Waals surface area contributed by atoms with Crippen LogP contribution < -0.4 is 5.32 Å². The number of hydrogen-bond donors (Lipinski definition) is 1. The molecule has 2 aromatic rings. The Kier molecular flexibility index (Phi) is 4.91.